The number of aromatic nitrogens is 2. The van der Waals surface area contributed by atoms with E-state index >= 15 is 0 Å². The van der Waals surface area contributed by atoms with Crippen LogP contribution in [0.4, 0.5) is 4.39 Å². The SMILES string of the molecule is CN=C(NCCn1ccnc1)NCc1ccc(F)cc1. The average molecular weight is 275 g/mol. The van der Waals surface area contributed by atoms with Crippen molar-refractivity contribution in [3.8, 4) is 0 Å². The quantitative estimate of drug-likeness (QED) is 0.640. The Bertz CT molecular complexity index is 533. The molecule has 0 aliphatic heterocycles. The second-order valence-electron chi connectivity index (χ2n) is 4.28. The fourth-order valence-electron chi connectivity index (χ4n) is 1.73. The lowest BCUT2D eigenvalue weighted by molar-refractivity contribution is 0.626. The van der Waals surface area contributed by atoms with Gasteiger partial charge in [0.15, 0.2) is 5.96 Å². The molecule has 0 aliphatic rings. The van der Waals surface area contributed by atoms with Crippen molar-refractivity contribution in [1.29, 1.82) is 0 Å². The Hall–Kier alpha value is -2.37. The summed E-state index contributed by atoms with van der Waals surface area (Å²) in [6.45, 7) is 2.17. The van der Waals surface area contributed by atoms with E-state index in [0.29, 0.717) is 6.54 Å². The van der Waals surface area contributed by atoms with E-state index in [9.17, 15) is 4.39 Å². The largest absolute Gasteiger partial charge is 0.355 e. The van der Waals surface area contributed by atoms with E-state index in [-0.39, 0.29) is 5.82 Å². The highest BCUT2D eigenvalue weighted by Crippen LogP contribution is 2.01. The predicted octanol–water partition coefficient (Wildman–Crippen LogP) is 1.39. The van der Waals surface area contributed by atoms with Gasteiger partial charge in [0, 0.05) is 39.1 Å². The number of nitrogens with zero attached hydrogens (tertiary/aromatic N) is 3. The predicted molar refractivity (Wildman–Crippen MR) is 76.8 cm³/mol. The number of imidazole rings is 1. The van der Waals surface area contributed by atoms with Crippen molar-refractivity contribution in [2.75, 3.05) is 13.6 Å². The van der Waals surface area contributed by atoms with E-state index < -0.39 is 0 Å². The van der Waals surface area contributed by atoms with E-state index in [1.807, 2.05) is 10.8 Å². The summed E-state index contributed by atoms with van der Waals surface area (Å²) in [6.07, 6.45) is 5.44. The molecule has 0 saturated heterocycles. The molecule has 1 heterocycles. The van der Waals surface area contributed by atoms with Gasteiger partial charge in [0.05, 0.1) is 6.33 Å². The Morgan fingerprint density at radius 3 is 2.75 bits per heavy atom. The van der Waals surface area contributed by atoms with Crippen LogP contribution in [0.1, 0.15) is 5.56 Å². The van der Waals surface area contributed by atoms with Crippen molar-refractivity contribution in [3.05, 3.63) is 54.4 Å². The van der Waals surface area contributed by atoms with Gasteiger partial charge in [-0.05, 0) is 17.7 Å². The fourth-order valence-corrected chi connectivity index (χ4v) is 1.73. The summed E-state index contributed by atoms with van der Waals surface area (Å²) in [5.41, 5.74) is 1.00. The topological polar surface area (TPSA) is 54.2 Å². The molecule has 5 nitrogen and oxygen atoms in total. The van der Waals surface area contributed by atoms with Crippen molar-refractivity contribution in [3.63, 3.8) is 0 Å². The zero-order chi connectivity index (χ0) is 14.2. The van der Waals surface area contributed by atoms with Crippen LogP contribution >= 0.6 is 0 Å². The van der Waals surface area contributed by atoms with Gasteiger partial charge in [0.25, 0.3) is 0 Å². The second-order valence-corrected chi connectivity index (χ2v) is 4.28. The molecule has 0 bridgehead atoms. The van der Waals surface area contributed by atoms with Crippen LogP contribution in [0, 0.1) is 5.82 Å². The molecule has 2 aromatic rings. The standard InChI is InChI=1S/C14H18FN5/c1-16-14(18-7-9-20-8-6-17-11-20)19-10-12-2-4-13(15)5-3-12/h2-6,8,11H,7,9-10H2,1H3,(H2,16,18,19). The van der Waals surface area contributed by atoms with Gasteiger partial charge in [-0.25, -0.2) is 9.37 Å². The van der Waals surface area contributed by atoms with Crippen LogP contribution in [0.3, 0.4) is 0 Å². The lowest BCUT2D eigenvalue weighted by atomic mass is 10.2. The summed E-state index contributed by atoms with van der Waals surface area (Å²) in [7, 11) is 1.72. The molecular weight excluding hydrogens is 257 g/mol. The molecule has 0 spiro atoms. The van der Waals surface area contributed by atoms with Crippen LogP contribution in [0.5, 0.6) is 0 Å². The lowest BCUT2D eigenvalue weighted by Crippen LogP contribution is -2.38. The Labute approximate surface area is 117 Å². The number of rotatable bonds is 5. The molecule has 0 unspecified atom stereocenters. The average Bonchev–Trinajstić information content (AvgIpc) is 2.97. The van der Waals surface area contributed by atoms with Gasteiger partial charge in [0.1, 0.15) is 5.82 Å². The van der Waals surface area contributed by atoms with Crippen molar-refractivity contribution >= 4 is 5.96 Å². The summed E-state index contributed by atoms with van der Waals surface area (Å²) in [4.78, 5) is 8.12. The van der Waals surface area contributed by atoms with Crippen LogP contribution in [0.25, 0.3) is 0 Å². The third-order valence-corrected chi connectivity index (χ3v) is 2.82. The minimum Gasteiger partial charge on any atom is -0.355 e. The van der Waals surface area contributed by atoms with E-state index in [0.717, 1.165) is 24.6 Å². The Kier molecular flexibility index (Phi) is 5.11. The Morgan fingerprint density at radius 2 is 2.10 bits per heavy atom. The molecule has 2 rings (SSSR count). The molecule has 0 amide bonds. The van der Waals surface area contributed by atoms with Gasteiger partial charge in [-0.2, -0.15) is 0 Å². The first-order valence-electron chi connectivity index (χ1n) is 6.42. The maximum absolute atomic E-state index is 12.8. The normalized spacial score (nSPS) is 11.4. The molecule has 6 heteroatoms. The van der Waals surface area contributed by atoms with Crippen molar-refractivity contribution in [1.82, 2.24) is 20.2 Å². The summed E-state index contributed by atoms with van der Waals surface area (Å²) in [6, 6.07) is 6.40. The summed E-state index contributed by atoms with van der Waals surface area (Å²) >= 11 is 0. The lowest BCUT2D eigenvalue weighted by Gasteiger charge is -2.12. The van der Waals surface area contributed by atoms with E-state index in [1.165, 1.54) is 12.1 Å². The van der Waals surface area contributed by atoms with E-state index in [2.05, 4.69) is 20.6 Å². The Morgan fingerprint density at radius 1 is 1.30 bits per heavy atom. The molecule has 0 saturated carbocycles. The minimum atomic E-state index is -0.225. The highest BCUT2D eigenvalue weighted by molar-refractivity contribution is 5.79. The third kappa shape index (κ3) is 4.38. The Balaban J connectivity index is 1.73. The highest BCUT2D eigenvalue weighted by Gasteiger charge is 1.98. The molecule has 106 valence electrons. The summed E-state index contributed by atoms with van der Waals surface area (Å²) < 4.78 is 14.8. The zero-order valence-corrected chi connectivity index (χ0v) is 11.4. The van der Waals surface area contributed by atoms with E-state index in [1.54, 1.807) is 31.7 Å². The zero-order valence-electron chi connectivity index (χ0n) is 11.4. The molecule has 1 aromatic carbocycles. The molecule has 0 radical (unpaired) electrons. The monoisotopic (exact) mass is 275 g/mol. The smallest absolute Gasteiger partial charge is 0.191 e. The third-order valence-electron chi connectivity index (χ3n) is 2.82. The minimum absolute atomic E-state index is 0.225. The van der Waals surface area contributed by atoms with Gasteiger partial charge in [0.2, 0.25) is 0 Å². The molecule has 0 atom stereocenters. The molecule has 0 fully saturated rings. The van der Waals surface area contributed by atoms with Crippen LogP contribution in [-0.2, 0) is 13.1 Å². The van der Waals surface area contributed by atoms with Gasteiger partial charge in [-0.15, -0.1) is 0 Å². The van der Waals surface area contributed by atoms with Gasteiger partial charge < -0.3 is 15.2 Å². The van der Waals surface area contributed by atoms with Crippen molar-refractivity contribution in [2.24, 2.45) is 4.99 Å². The molecular formula is C14H18FN5. The first-order valence-corrected chi connectivity index (χ1v) is 6.42. The molecule has 2 N–H and O–H groups in total. The number of hydrogen-bond donors (Lipinski definition) is 2. The van der Waals surface area contributed by atoms with Crippen LogP contribution in [0.15, 0.2) is 48.0 Å². The number of halogens is 1. The maximum atomic E-state index is 12.8. The van der Waals surface area contributed by atoms with Crippen molar-refractivity contribution in [2.45, 2.75) is 13.1 Å². The summed E-state index contributed by atoms with van der Waals surface area (Å²) in [5.74, 6) is 0.492. The van der Waals surface area contributed by atoms with Crippen LogP contribution in [0.2, 0.25) is 0 Å². The number of guanidine groups is 1. The molecule has 0 aliphatic carbocycles. The molecule has 20 heavy (non-hydrogen) atoms. The van der Waals surface area contributed by atoms with E-state index in [4.69, 9.17) is 0 Å². The van der Waals surface area contributed by atoms with Gasteiger partial charge >= 0.3 is 0 Å². The maximum Gasteiger partial charge on any atom is 0.191 e. The van der Waals surface area contributed by atoms with Crippen molar-refractivity contribution < 1.29 is 4.39 Å². The second kappa shape index (κ2) is 7.28. The first kappa shape index (κ1) is 14.0. The van der Waals surface area contributed by atoms with Crippen LogP contribution < -0.4 is 10.6 Å². The highest BCUT2D eigenvalue weighted by atomic mass is 19.1. The van der Waals surface area contributed by atoms with Crippen LogP contribution in [-0.4, -0.2) is 29.1 Å². The number of benzene rings is 1. The molecule has 1 aromatic heterocycles. The number of nitrogens with one attached hydrogen (secondary N) is 2. The summed E-state index contributed by atoms with van der Waals surface area (Å²) in [5, 5.41) is 6.38. The number of hydrogen-bond acceptors (Lipinski definition) is 2. The van der Waals surface area contributed by atoms with Gasteiger partial charge in [-0.1, -0.05) is 12.1 Å². The first-order chi connectivity index (χ1) is 9.78. The van der Waals surface area contributed by atoms with Gasteiger partial charge in [-0.3, -0.25) is 4.99 Å². The fraction of sp³-hybridized carbons (Fsp3) is 0.286. The number of aliphatic imine (C=N–C) groups is 1.